The van der Waals surface area contributed by atoms with E-state index in [1.807, 2.05) is 12.1 Å². The number of nitrogen functional groups attached to an aromatic ring is 1. The number of benzene rings is 2. The molecular formula is C20H23BrN2O5. The molecule has 0 radical (unpaired) electrons. The molecule has 0 saturated heterocycles. The number of amides is 1. The van der Waals surface area contributed by atoms with Crippen molar-refractivity contribution >= 4 is 33.2 Å². The number of carbonyl (C=O) groups excluding carboxylic acids is 1. The molecule has 1 aliphatic heterocycles. The lowest BCUT2D eigenvalue weighted by atomic mass is 9.98. The van der Waals surface area contributed by atoms with E-state index in [4.69, 9.17) is 24.7 Å². The topological polar surface area (TPSA) is 83.2 Å². The van der Waals surface area contributed by atoms with Gasteiger partial charge in [-0.2, -0.15) is 0 Å². The summed E-state index contributed by atoms with van der Waals surface area (Å²) in [6, 6.07) is 9.02. The predicted octanol–water partition coefficient (Wildman–Crippen LogP) is 3.24. The second kappa shape index (κ2) is 9.27. The molecule has 0 aliphatic carbocycles. The van der Waals surface area contributed by atoms with Crippen LogP contribution in [0, 0.1) is 0 Å². The molecule has 1 heterocycles. The van der Waals surface area contributed by atoms with E-state index in [0.717, 1.165) is 22.1 Å². The Morgan fingerprint density at radius 1 is 1.14 bits per heavy atom. The molecule has 28 heavy (non-hydrogen) atoms. The van der Waals surface area contributed by atoms with Gasteiger partial charge in [0.15, 0.2) is 6.79 Å². The Bertz CT molecular complexity index is 859. The fraction of sp³-hybridized carbons (Fsp3) is 0.350. The van der Waals surface area contributed by atoms with E-state index < -0.39 is 0 Å². The smallest absolute Gasteiger partial charge is 0.258 e. The molecule has 3 rings (SSSR count). The Morgan fingerprint density at radius 3 is 2.68 bits per heavy atom. The Hall–Kier alpha value is -2.29. The second-order valence-corrected chi connectivity index (χ2v) is 7.09. The van der Waals surface area contributed by atoms with E-state index >= 15 is 0 Å². The van der Waals surface area contributed by atoms with Gasteiger partial charge >= 0.3 is 0 Å². The number of ether oxygens (including phenoxy) is 4. The van der Waals surface area contributed by atoms with Crippen LogP contribution in [0.25, 0.3) is 0 Å². The first-order valence-electron chi connectivity index (χ1n) is 8.82. The minimum absolute atomic E-state index is 0.0805. The number of halogens is 1. The predicted molar refractivity (Wildman–Crippen MR) is 110 cm³/mol. The summed E-state index contributed by atoms with van der Waals surface area (Å²) in [5.74, 6) is 1.06. The summed E-state index contributed by atoms with van der Waals surface area (Å²) in [5.41, 5.74) is 8.91. The molecule has 2 N–H and O–H groups in total. The van der Waals surface area contributed by atoms with Crippen molar-refractivity contribution in [1.82, 2.24) is 0 Å². The van der Waals surface area contributed by atoms with Crippen molar-refractivity contribution < 1.29 is 23.7 Å². The average molecular weight is 451 g/mol. The van der Waals surface area contributed by atoms with Gasteiger partial charge in [0.25, 0.3) is 5.91 Å². The minimum Gasteiger partial charge on any atom is -0.496 e. The number of fused-ring (bicyclic) bond motifs is 1. The first kappa shape index (κ1) is 20.4. The first-order valence-corrected chi connectivity index (χ1v) is 9.61. The lowest BCUT2D eigenvalue weighted by Gasteiger charge is -2.29. The van der Waals surface area contributed by atoms with Crippen molar-refractivity contribution in [2.24, 2.45) is 0 Å². The number of hydrogen-bond acceptors (Lipinski definition) is 6. The lowest BCUT2D eigenvalue weighted by Crippen LogP contribution is -2.37. The molecule has 1 amide bonds. The van der Waals surface area contributed by atoms with Crippen LogP contribution in [0.4, 0.5) is 11.4 Å². The Labute approximate surface area is 172 Å². The second-order valence-electron chi connectivity index (χ2n) is 6.24. The summed E-state index contributed by atoms with van der Waals surface area (Å²) in [4.78, 5) is 14.7. The van der Waals surface area contributed by atoms with Gasteiger partial charge in [-0.15, -0.1) is 0 Å². The quantitative estimate of drug-likeness (QED) is 0.377. The molecule has 2 aromatic carbocycles. The van der Waals surface area contributed by atoms with Gasteiger partial charge in [0.1, 0.15) is 11.5 Å². The number of rotatable bonds is 8. The van der Waals surface area contributed by atoms with Gasteiger partial charge in [0.2, 0.25) is 0 Å². The maximum Gasteiger partial charge on any atom is 0.258 e. The van der Waals surface area contributed by atoms with E-state index in [0.29, 0.717) is 42.5 Å². The molecule has 2 aromatic rings. The zero-order valence-electron chi connectivity index (χ0n) is 15.9. The Kier molecular flexibility index (Phi) is 6.77. The highest BCUT2D eigenvalue weighted by atomic mass is 79.9. The van der Waals surface area contributed by atoms with Crippen LogP contribution in [0.5, 0.6) is 11.5 Å². The van der Waals surface area contributed by atoms with Crippen molar-refractivity contribution in [1.29, 1.82) is 0 Å². The molecule has 0 unspecified atom stereocenters. The third-order valence-electron chi connectivity index (χ3n) is 4.49. The summed E-state index contributed by atoms with van der Waals surface area (Å²) in [5, 5.41) is 0. The molecule has 7 nitrogen and oxygen atoms in total. The number of carbonyl (C=O) groups is 1. The molecule has 150 valence electrons. The van der Waals surface area contributed by atoms with Gasteiger partial charge in [0.05, 0.1) is 30.5 Å². The maximum atomic E-state index is 13.0. The van der Waals surface area contributed by atoms with E-state index in [1.54, 1.807) is 37.3 Å². The van der Waals surface area contributed by atoms with Crippen LogP contribution in [-0.2, 0) is 15.9 Å². The molecule has 0 atom stereocenters. The van der Waals surface area contributed by atoms with Gasteiger partial charge in [-0.1, -0.05) is 0 Å². The van der Waals surface area contributed by atoms with Crippen molar-refractivity contribution in [2.45, 2.75) is 6.42 Å². The number of hydrogen-bond donors (Lipinski definition) is 1. The van der Waals surface area contributed by atoms with Crippen LogP contribution in [0.1, 0.15) is 15.9 Å². The number of nitrogens with two attached hydrogens (primary N) is 1. The zero-order valence-corrected chi connectivity index (χ0v) is 17.5. The highest BCUT2D eigenvalue weighted by Crippen LogP contribution is 2.34. The SMILES string of the molecule is COCCOCOc1ccc(N2CCc3cc(Br)c(OC)cc3C2=O)cc1N. The van der Waals surface area contributed by atoms with Crippen molar-refractivity contribution in [2.75, 3.05) is 51.4 Å². The summed E-state index contributed by atoms with van der Waals surface area (Å²) in [7, 11) is 3.19. The third kappa shape index (κ3) is 4.40. The van der Waals surface area contributed by atoms with Crippen LogP contribution in [0.2, 0.25) is 0 Å². The molecule has 0 saturated carbocycles. The average Bonchev–Trinajstić information content (AvgIpc) is 2.69. The summed E-state index contributed by atoms with van der Waals surface area (Å²) in [6.07, 6.45) is 0.745. The zero-order chi connectivity index (χ0) is 20.1. The number of methoxy groups -OCH3 is 2. The van der Waals surface area contributed by atoms with Crippen molar-refractivity contribution in [3.63, 3.8) is 0 Å². The standard InChI is InChI=1S/C20H23BrN2O5/c1-25-7-8-27-12-28-18-4-3-14(10-17(18)22)23-6-5-13-9-16(21)19(26-2)11-15(13)20(23)24/h3-4,9-11H,5-8,12,22H2,1-2H3. The van der Waals surface area contributed by atoms with Gasteiger partial charge in [-0.3, -0.25) is 4.79 Å². The first-order chi connectivity index (χ1) is 13.5. The van der Waals surface area contributed by atoms with Crippen LogP contribution < -0.4 is 20.1 Å². The van der Waals surface area contributed by atoms with Crippen LogP contribution in [0.3, 0.4) is 0 Å². The minimum atomic E-state index is -0.0805. The van der Waals surface area contributed by atoms with Crippen molar-refractivity contribution in [3.8, 4) is 11.5 Å². The van der Waals surface area contributed by atoms with Crippen LogP contribution in [-0.4, -0.2) is 46.7 Å². The Balaban J connectivity index is 1.73. The van der Waals surface area contributed by atoms with Gasteiger partial charge in [-0.25, -0.2) is 0 Å². The van der Waals surface area contributed by atoms with Gasteiger partial charge in [-0.05, 0) is 58.2 Å². The molecule has 0 aromatic heterocycles. The lowest BCUT2D eigenvalue weighted by molar-refractivity contribution is -0.00813. The molecule has 0 spiro atoms. The van der Waals surface area contributed by atoms with E-state index in [1.165, 1.54) is 0 Å². The molecule has 1 aliphatic rings. The molecule has 0 bridgehead atoms. The monoisotopic (exact) mass is 450 g/mol. The summed E-state index contributed by atoms with van der Waals surface area (Å²) < 4.78 is 21.9. The largest absolute Gasteiger partial charge is 0.496 e. The van der Waals surface area contributed by atoms with Gasteiger partial charge in [0, 0.05) is 24.9 Å². The van der Waals surface area contributed by atoms with Crippen LogP contribution in [0.15, 0.2) is 34.8 Å². The highest BCUT2D eigenvalue weighted by Gasteiger charge is 2.27. The fourth-order valence-corrected chi connectivity index (χ4v) is 3.58. The highest BCUT2D eigenvalue weighted by molar-refractivity contribution is 9.10. The normalized spacial score (nSPS) is 13.4. The molecule has 8 heteroatoms. The van der Waals surface area contributed by atoms with Gasteiger partial charge < -0.3 is 29.6 Å². The van der Waals surface area contributed by atoms with E-state index in [9.17, 15) is 4.79 Å². The Morgan fingerprint density at radius 2 is 1.96 bits per heavy atom. The number of anilines is 2. The summed E-state index contributed by atoms with van der Waals surface area (Å²) >= 11 is 3.47. The third-order valence-corrected chi connectivity index (χ3v) is 5.11. The summed E-state index contributed by atoms with van der Waals surface area (Å²) in [6.45, 7) is 1.59. The van der Waals surface area contributed by atoms with Crippen LogP contribution >= 0.6 is 15.9 Å². The molecule has 0 fully saturated rings. The number of nitrogens with zero attached hydrogens (tertiary/aromatic N) is 1. The van der Waals surface area contributed by atoms with E-state index in [-0.39, 0.29) is 12.7 Å². The van der Waals surface area contributed by atoms with E-state index in [2.05, 4.69) is 15.9 Å². The molecular weight excluding hydrogens is 428 g/mol. The fourth-order valence-electron chi connectivity index (χ4n) is 3.02. The maximum absolute atomic E-state index is 13.0. The van der Waals surface area contributed by atoms with Crippen molar-refractivity contribution in [3.05, 3.63) is 45.9 Å².